The number of rotatable bonds is 2. The number of hydrogen-bond donors (Lipinski definition) is 1. The van der Waals surface area contributed by atoms with Crippen molar-refractivity contribution in [1.82, 2.24) is 4.90 Å². The Balaban J connectivity index is 2.00. The van der Waals surface area contributed by atoms with Crippen LogP contribution in [0.1, 0.15) is 34.8 Å². The van der Waals surface area contributed by atoms with Crippen LogP contribution in [0, 0.1) is 0 Å². The van der Waals surface area contributed by atoms with Gasteiger partial charge in [0.15, 0.2) is 6.04 Å². The Morgan fingerprint density at radius 1 is 1.26 bits per heavy atom. The fourth-order valence-corrected chi connectivity index (χ4v) is 2.93. The van der Waals surface area contributed by atoms with Crippen LogP contribution < -0.4 is 0 Å². The summed E-state index contributed by atoms with van der Waals surface area (Å²) < 4.78 is 5.28. The molecule has 3 rings (SSSR count). The zero-order valence-electron chi connectivity index (χ0n) is 10.4. The number of nitrogens with zero attached hydrogens (tertiary/aromatic N) is 1. The molecule has 2 aliphatic heterocycles. The van der Waals surface area contributed by atoms with E-state index in [1.807, 2.05) is 0 Å². The number of carboxylic acids is 1. The molecule has 2 aliphatic rings. The Morgan fingerprint density at radius 3 is 2.63 bits per heavy atom. The summed E-state index contributed by atoms with van der Waals surface area (Å²) in [5.74, 6) is -1.14. The second-order valence-electron chi connectivity index (χ2n) is 4.88. The van der Waals surface area contributed by atoms with Gasteiger partial charge in [0.25, 0.3) is 5.91 Å². The number of carbonyl (C=O) groups is 2. The van der Waals surface area contributed by atoms with Crippen LogP contribution in [-0.4, -0.2) is 41.1 Å². The highest BCUT2D eigenvalue weighted by Crippen LogP contribution is 2.37. The first-order chi connectivity index (χ1) is 9.20. The first-order valence-electron chi connectivity index (χ1n) is 6.42. The lowest BCUT2D eigenvalue weighted by molar-refractivity contribution is -0.143. The highest BCUT2D eigenvalue weighted by atomic mass is 16.5. The first-order valence-corrected chi connectivity index (χ1v) is 6.42. The number of benzene rings is 1. The second-order valence-corrected chi connectivity index (χ2v) is 4.88. The molecule has 5 heteroatoms. The molecule has 1 aromatic carbocycles. The van der Waals surface area contributed by atoms with Crippen molar-refractivity contribution in [2.45, 2.75) is 24.9 Å². The maximum absolute atomic E-state index is 12.4. The summed E-state index contributed by atoms with van der Waals surface area (Å²) in [6.07, 6.45) is 1.40. The summed E-state index contributed by atoms with van der Waals surface area (Å²) in [6, 6.07) is 6.07. The smallest absolute Gasteiger partial charge is 0.331 e. The Bertz CT molecular complexity index is 522. The van der Waals surface area contributed by atoms with Crippen LogP contribution in [0.3, 0.4) is 0 Å². The van der Waals surface area contributed by atoms with Gasteiger partial charge in [-0.15, -0.1) is 0 Å². The standard InChI is InChI=1S/C14H15NO4/c16-13-11-4-2-1-3-10(11)12(14(17)18)15(13)9-5-7-19-8-6-9/h1-4,9,12H,5-8H2,(H,17,18). The molecular formula is C14H15NO4. The van der Waals surface area contributed by atoms with Gasteiger partial charge in [0.2, 0.25) is 0 Å². The lowest BCUT2D eigenvalue weighted by Crippen LogP contribution is -2.44. The Labute approximate surface area is 110 Å². The fourth-order valence-electron chi connectivity index (χ4n) is 2.93. The number of fused-ring (bicyclic) bond motifs is 1. The van der Waals surface area contributed by atoms with Gasteiger partial charge in [-0.05, 0) is 24.5 Å². The molecule has 0 spiro atoms. The third-order valence-corrected chi connectivity index (χ3v) is 3.82. The molecule has 1 atom stereocenters. The molecule has 5 nitrogen and oxygen atoms in total. The topological polar surface area (TPSA) is 66.8 Å². The Kier molecular flexibility index (Phi) is 2.98. The van der Waals surface area contributed by atoms with E-state index in [9.17, 15) is 14.7 Å². The van der Waals surface area contributed by atoms with Gasteiger partial charge in [0, 0.05) is 24.8 Å². The number of ether oxygens (including phenoxy) is 1. The predicted molar refractivity (Wildman–Crippen MR) is 66.8 cm³/mol. The van der Waals surface area contributed by atoms with E-state index in [-0.39, 0.29) is 11.9 Å². The molecule has 1 N–H and O–H groups in total. The van der Waals surface area contributed by atoms with Crippen LogP contribution in [0.25, 0.3) is 0 Å². The van der Waals surface area contributed by atoms with Gasteiger partial charge in [0.1, 0.15) is 0 Å². The summed E-state index contributed by atoms with van der Waals surface area (Å²) in [4.78, 5) is 25.5. The van der Waals surface area contributed by atoms with Crippen LogP contribution in [0.5, 0.6) is 0 Å². The Hall–Kier alpha value is -1.88. The minimum atomic E-state index is -0.968. The molecule has 2 heterocycles. The molecule has 100 valence electrons. The van der Waals surface area contributed by atoms with Crippen LogP contribution >= 0.6 is 0 Å². The minimum absolute atomic E-state index is 0.0465. The maximum Gasteiger partial charge on any atom is 0.331 e. The number of amides is 1. The molecule has 1 fully saturated rings. The molecule has 19 heavy (non-hydrogen) atoms. The molecule has 0 bridgehead atoms. The average molecular weight is 261 g/mol. The SMILES string of the molecule is O=C(O)C1c2ccccc2C(=O)N1C1CCOCC1. The van der Waals surface area contributed by atoms with Crippen LogP contribution in [0.2, 0.25) is 0 Å². The highest BCUT2D eigenvalue weighted by molar-refractivity contribution is 6.03. The summed E-state index contributed by atoms with van der Waals surface area (Å²) >= 11 is 0. The lowest BCUT2D eigenvalue weighted by Gasteiger charge is -2.34. The van der Waals surface area contributed by atoms with Crippen LogP contribution in [0.15, 0.2) is 24.3 Å². The predicted octanol–water partition coefficient (Wildman–Crippen LogP) is 1.45. The van der Waals surface area contributed by atoms with Gasteiger partial charge in [-0.2, -0.15) is 0 Å². The van der Waals surface area contributed by atoms with E-state index in [0.717, 1.165) is 0 Å². The molecule has 1 amide bonds. The van der Waals surface area contributed by atoms with Gasteiger partial charge in [-0.3, -0.25) is 4.79 Å². The minimum Gasteiger partial charge on any atom is -0.479 e. The van der Waals surface area contributed by atoms with Crippen molar-refractivity contribution in [3.63, 3.8) is 0 Å². The van der Waals surface area contributed by atoms with Gasteiger partial charge in [-0.1, -0.05) is 18.2 Å². The summed E-state index contributed by atoms with van der Waals surface area (Å²) in [6.45, 7) is 1.16. The van der Waals surface area contributed by atoms with Gasteiger partial charge < -0.3 is 14.7 Å². The van der Waals surface area contributed by atoms with Gasteiger partial charge in [-0.25, -0.2) is 4.79 Å². The normalized spacial score (nSPS) is 23.5. The third-order valence-electron chi connectivity index (χ3n) is 3.82. The number of hydrogen-bond acceptors (Lipinski definition) is 3. The number of carboxylic acid groups (broad SMARTS) is 1. The lowest BCUT2D eigenvalue weighted by atomic mass is 10.0. The van der Waals surface area contributed by atoms with Crippen LogP contribution in [0.4, 0.5) is 0 Å². The molecule has 0 radical (unpaired) electrons. The van der Waals surface area contributed by atoms with E-state index >= 15 is 0 Å². The molecule has 0 saturated carbocycles. The van der Waals surface area contributed by atoms with E-state index < -0.39 is 12.0 Å². The molecule has 1 saturated heterocycles. The fraction of sp³-hybridized carbons (Fsp3) is 0.429. The van der Waals surface area contributed by atoms with Crippen molar-refractivity contribution in [1.29, 1.82) is 0 Å². The van der Waals surface area contributed by atoms with Crippen LogP contribution in [-0.2, 0) is 9.53 Å². The van der Waals surface area contributed by atoms with Crippen molar-refractivity contribution in [2.24, 2.45) is 0 Å². The summed E-state index contributed by atoms with van der Waals surface area (Å²) in [5, 5.41) is 9.45. The maximum atomic E-state index is 12.4. The number of aliphatic carboxylic acids is 1. The molecule has 0 aliphatic carbocycles. The largest absolute Gasteiger partial charge is 0.479 e. The van der Waals surface area contributed by atoms with E-state index in [1.165, 1.54) is 4.90 Å². The second kappa shape index (κ2) is 4.66. The molecule has 1 unspecified atom stereocenters. The summed E-state index contributed by atoms with van der Waals surface area (Å²) in [7, 11) is 0. The van der Waals surface area contributed by atoms with E-state index in [1.54, 1.807) is 24.3 Å². The monoisotopic (exact) mass is 261 g/mol. The van der Waals surface area contributed by atoms with Crippen molar-refractivity contribution in [2.75, 3.05) is 13.2 Å². The summed E-state index contributed by atoms with van der Waals surface area (Å²) in [5.41, 5.74) is 1.12. The van der Waals surface area contributed by atoms with Crippen molar-refractivity contribution in [3.05, 3.63) is 35.4 Å². The molecule has 0 aromatic heterocycles. The van der Waals surface area contributed by atoms with E-state index in [0.29, 0.717) is 37.2 Å². The van der Waals surface area contributed by atoms with E-state index in [2.05, 4.69) is 0 Å². The highest BCUT2D eigenvalue weighted by Gasteiger charge is 2.44. The third kappa shape index (κ3) is 1.90. The van der Waals surface area contributed by atoms with Gasteiger partial charge in [0.05, 0.1) is 0 Å². The number of carbonyl (C=O) groups excluding carboxylic acids is 1. The molecular weight excluding hydrogens is 246 g/mol. The van der Waals surface area contributed by atoms with E-state index in [4.69, 9.17) is 4.74 Å². The zero-order chi connectivity index (χ0) is 13.4. The zero-order valence-corrected chi connectivity index (χ0v) is 10.4. The van der Waals surface area contributed by atoms with Crippen molar-refractivity contribution >= 4 is 11.9 Å². The van der Waals surface area contributed by atoms with Gasteiger partial charge >= 0.3 is 5.97 Å². The van der Waals surface area contributed by atoms with Crippen molar-refractivity contribution < 1.29 is 19.4 Å². The first kappa shape index (κ1) is 12.2. The average Bonchev–Trinajstić information content (AvgIpc) is 2.74. The molecule has 1 aromatic rings. The quantitative estimate of drug-likeness (QED) is 0.875. The van der Waals surface area contributed by atoms with Crippen molar-refractivity contribution in [3.8, 4) is 0 Å². The Morgan fingerprint density at radius 2 is 1.95 bits per heavy atom.